The number of esters is 1. The van der Waals surface area contributed by atoms with E-state index in [2.05, 4.69) is 0 Å². The zero-order chi connectivity index (χ0) is 20.5. The van der Waals surface area contributed by atoms with Crippen molar-refractivity contribution in [1.82, 2.24) is 0 Å². The fraction of sp³-hybridized carbons (Fsp3) is 0.160. The van der Waals surface area contributed by atoms with Gasteiger partial charge in [-0.3, -0.25) is 4.79 Å². The van der Waals surface area contributed by atoms with Crippen LogP contribution in [0.1, 0.15) is 19.4 Å². The first-order chi connectivity index (χ1) is 14.1. The predicted octanol–water partition coefficient (Wildman–Crippen LogP) is 4.79. The topological polar surface area (TPSA) is 43.4 Å². The average Bonchev–Trinajstić information content (AvgIpc) is 3.42. The highest BCUT2D eigenvalue weighted by atomic mass is 31.2. The monoisotopic (exact) mass is 402 g/mol. The van der Waals surface area contributed by atoms with E-state index >= 15 is 4.57 Å². The SMILES string of the molecule is CCOC(=O)C1(P(=O)(c2ccccc2)c2ccccc2)C(C)=C1c1ccccc1. The van der Waals surface area contributed by atoms with Gasteiger partial charge in [-0.2, -0.15) is 0 Å². The Bertz CT molecular complexity index is 1060. The third-order valence-corrected chi connectivity index (χ3v) is 9.30. The third kappa shape index (κ3) is 2.81. The highest BCUT2D eigenvalue weighted by molar-refractivity contribution is 7.82. The van der Waals surface area contributed by atoms with Gasteiger partial charge in [0.15, 0.2) is 12.3 Å². The molecule has 1 unspecified atom stereocenters. The number of hydrogen-bond donors (Lipinski definition) is 0. The quantitative estimate of drug-likeness (QED) is 0.440. The van der Waals surface area contributed by atoms with Crippen molar-refractivity contribution in [2.24, 2.45) is 0 Å². The molecule has 0 saturated carbocycles. The second-order valence-corrected chi connectivity index (χ2v) is 10.00. The second kappa shape index (κ2) is 7.50. The lowest BCUT2D eigenvalue weighted by atomic mass is 10.1. The van der Waals surface area contributed by atoms with Crippen molar-refractivity contribution in [1.29, 1.82) is 0 Å². The maximum atomic E-state index is 15.1. The smallest absolute Gasteiger partial charge is 0.329 e. The van der Waals surface area contributed by atoms with Gasteiger partial charge in [0, 0.05) is 10.6 Å². The Morgan fingerprint density at radius 2 is 1.28 bits per heavy atom. The molecule has 3 aromatic carbocycles. The zero-order valence-electron chi connectivity index (χ0n) is 16.5. The summed E-state index contributed by atoms with van der Waals surface area (Å²) in [6, 6.07) is 28.3. The molecule has 0 fully saturated rings. The van der Waals surface area contributed by atoms with Crippen LogP contribution in [0.2, 0.25) is 0 Å². The molecule has 146 valence electrons. The molecule has 1 aliphatic carbocycles. The van der Waals surface area contributed by atoms with E-state index in [0.717, 1.165) is 16.7 Å². The van der Waals surface area contributed by atoms with Gasteiger partial charge in [0.25, 0.3) is 0 Å². The number of carbonyl (C=O) groups excluding carboxylic acids is 1. The van der Waals surface area contributed by atoms with E-state index in [1.165, 1.54) is 0 Å². The van der Waals surface area contributed by atoms with Crippen LogP contribution in [0.15, 0.2) is 96.6 Å². The molecule has 0 N–H and O–H groups in total. The van der Waals surface area contributed by atoms with E-state index < -0.39 is 18.3 Å². The van der Waals surface area contributed by atoms with E-state index in [4.69, 9.17) is 4.74 Å². The Kier molecular flexibility index (Phi) is 5.02. The second-order valence-electron chi connectivity index (χ2n) is 7.08. The lowest BCUT2D eigenvalue weighted by molar-refractivity contribution is -0.142. The van der Waals surface area contributed by atoms with Crippen molar-refractivity contribution in [3.05, 3.63) is 102 Å². The molecule has 4 rings (SSSR count). The summed E-state index contributed by atoms with van der Waals surface area (Å²) in [4.78, 5) is 13.5. The molecule has 0 bridgehead atoms. The highest BCUT2D eigenvalue weighted by Gasteiger charge is 2.70. The minimum Gasteiger partial charge on any atom is -0.465 e. The molecule has 1 aliphatic rings. The molecule has 0 radical (unpaired) electrons. The van der Waals surface area contributed by atoms with Crippen LogP contribution in [0.4, 0.5) is 0 Å². The summed E-state index contributed by atoms with van der Waals surface area (Å²) >= 11 is 0. The van der Waals surface area contributed by atoms with Crippen molar-refractivity contribution in [3.63, 3.8) is 0 Å². The number of ether oxygens (including phenoxy) is 1. The summed E-state index contributed by atoms with van der Waals surface area (Å²) in [5.41, 5.74) is 2.54. The minimum absolute atomic E-state index is 0.236. The molecular formula is C25H23O3P. The number of carbonyl (C=O) groups is 1. The van der Waals surface area contributed by atoms with Gasteiger partial charge < -0.3 is 9.30 Å². The van der Waals surface area contributed by atoms with Crippen molar-refractivity contribution >= 4 is 29.3 Å². The molecule has 0 amide bonds. The van der Waals surface area contributed by atoms with Gasteiger partial charge >= 0.3 is 5.97 Å². The Labute approximate surface area is 171 Å². The van der Waals surface area contributed by atoms with Crippen molar-refractivity contribution in [2.75, 3.05) is 6.61 Å². The zero-order valence-corrected chi connectivity index (χ0v) is 17.4. The van der Waals surface area contributed by atoms with E-state index in [1.807, 2.05) is 97.9 Å². The Morgan fingerprint density at radius 3 is 1.72 bits per heavy atom. The van der Waals surface area contributed by atoms with Crippen LogP contribution in [0.3, 0.4) is 0 Å². The molecule has 0 aliphatic heterocycles. The van der Waals surface area contributed by atoms with Gasteiger partial charge in [0.05, 0.1) is 6.61 Å². The van der Waals surface area contributed by atoms with Crippen LogP contribution < -0.4 is 10.6 Å². The fourth-order valence-corrected chi connectivity index (χ4v) is 7.97. The molecule has 0 aromatic heterocycles. The molecule has 3 nitrogen and oxygen atoms in total. The first-order valence-electron chi connectivity index (χ1n) is 9.74. The van der Waals surface area contributed by atoms with Crippen molar-refractivity contribution < 1.29 is 14.1 Å². The fourth-order valence-electron chi connectivity index (χ4n) is 4.25. The normalized spacial score (nSPS) is 18.4. The molecule has 0 saturated heterocycles. The summed E-state index contributed by atoms with van der Waals surface area (Å²) in [5, 5.41) is 0.0432. The first kappa shape index (κ1) is 19.4. The van der Waals surface area contributed by atoms with Crippen LogP contribution in [0.25, 0.3) is 5.57 Å². The van der Waals surface area contributed by atoms with Crippen molar-refractivity contribution in [2.45, 2.75) is 19.0 Å². The minimum atomic E-state index is -3.43. The molecule has 0 heterocycles. The van der Waals surface area contributed by atoms with E-state index in [0.29, 0.717) is 10.6 Å². The van der Waals surface area contributed by atoms with Crippen LogP contribution in [-0.4, -0.2) is 17.7 Å². The lowest BCUT2D eigenvalue weighted by Gasteiger charge is -2.30. The Hall–Kier alpha value is -2.90. The highest BCUT2D eigenvalue weighted by Crippen LogP contribution is 2.74. The standard InChI is InChI=1S/C25H23O3P/c1-3-28-24(26)25(19(2)23(25)20-13-7-4-8-14-20)29(27,21-15-9-5-10-16-21)22-17-11-6-12-18-22/h4-18H,3H2,1-2H3. The van der Waals surface area contributed by atoms with E-state index in [1.54, 1.807) is 6.92 Å². The maximum Gasteiger partial charge on any atom is 0.329 e. The molecule has 4 heteroatoms. The molecule has 0 spiro atoms. The van der Waals surface area contributed by atoms with E-state index in [-0.39, 0.29) is 6.61 Å². The number of rotatable bonds is 6. The van der Waals surface area contributed by atoms with E-state index in [9.17, 15) is 4.79 Å². The molecule has 29 heavy (non-hydrogen) atoms. The maximum absolute atomic E-state index is 15.1. The number of hydrogen-bond acceptors (Lipinski definition) is 3. The first-order valence-corrected chi connectivity index (χ1v) is 11.4. The summed E-state index contributed by atoms with van der Waals surface area (Å²) in [5.74, 6) is -0.438. The van der Waals surface area contributed by atoms with Gasteiger partial charge in [-0.05, 0) is 30.6 Å². The molecule has 1 atom stereocenters. The van der Waals surface area contributed by atoms with Crippen molar-refractivity contribution in [3.8, 4) is 0 Å². The van der Waals surface area contributed by atoms with Gasteiger partial charge in [-0.15, -0.1) is 0 Å². The van der Waals surface area contributed by atoms with Crippen LogP contribution >= 0.6 is 7.14 Å². The van der Waals surface area contributed by atoms with Crippen LogP contribution in [0, 0.1) is 0 Å². The van der Waals surface area contributed by atoms with Crippen LogP contribution in [-0.2, 0) is 14.1 Å². The summed E-state index contributed by atoms with van der Waals surface area (Å²) in [6.07, 6.45) is 0. The third-order valence-electron chi connectivity index (χ3n) is 5.56. The number of benzene rings is 3. The van der Waals surface area contributed by atoms with Gasteiger partial charge in [0.2, 0.25) is 0 Å². The summed E-state index contributed by atoms with van der Waals surface area (Å²) < 4.78 is 20.6. The van der Waals surface area contributed by atoms with Gasteiger partial charge in [-0.25, -0.2) is 0 Å². The lowest BCUT2D eigenvalue weighted by Crippen LogP contribution is -2.38. The van der Waals surface area contributed by atoms with Gasteiger partial charge in [-0.1, -0.05) is 91.0 Å². The average molecular weight is 402 g/mol. The summed E-state index contributed by atoms with van der Waals surface area (Å²) in [7, 11) is -3.43. The Morgan fingerprint density at radius 1 is 0.828 bits per heavy atom. The molecular weight excluding hydrogens is 379 g/mol. The Balaban J connectivity index is 2.00. The predicted molar refractivity (Wildman–Crippen MR) is 118 cm³/mol. The summed E-state index contributed by atoms with van der Waals surface area (Å²) in [6.45, 7) is 3.92. The largest absolute Gasteiger partial charge is 0.465 e. The molecule has 3 aromatic rings. The van der Waals surface area contributed by atoms with Crippen LogP contribution in [0.5, 0.6) is 0 Å². The van der Waals surface area contributed by atoms with Gasteiger partial charge in [0.1, 0.15) is 0 Å².